The van der Waals surface area contributed by atoms with Gasteiger partial charge in [0.15, 0.2) is 0 Å². The Hall–Kier alpha value is -0.120. The Morgan fingerprint density at radius 2 is 2.00 bits per heavy atom. The van der Waals surface area contributed by atoms with Gasteiger partial charge in [0.2, 0.25) is 0 Å². The maximum Gasteiger partial charge on any atom is 0.0704 e. The number of nitrogens with zero attached hydrogens (tertiary/aromatic N) is 1. The number of aliphatic hydroxyl groups is 1. The Bertz CT molecular complexity index is 185. The highest BCUT2D eigenvalue weighted by atomic mass is 16.3. The fraction of sp³-hybridized carbons (Fsp3) is 1.00. The molecule has 0 aliphatic carbocycles. The molecular formula is C11H22N2O. The minimum atomic E-state index is -0.104. The summed E-state index contributed by atoms with van der Waals surface area (Å²) < 4.78 is 0. The average Bonchev–Trinajstić information content (AvgIpc) is 2.47. The summed E-state index contributed by atoms with van der Waals surface area (Å²) in [5, 5.41) is 13.2. The highest BCUT2D eigenvalue weighted by Crippen LogP contribution is 2.23. The quantitative estimate of drug-likeness (QED) is 0.636. The molecule has 2 fully saturated rings. The number of aliphatic hydroxyl groups excluding tert-OH is 1. The lowest BCUT2D eigenvalue weighted by atomic mass is 9.97. The molecule has 82 valence electrons. The van der Waals surface area contributed by atoms with Gasteiger partial charge in [-0.25, -0.2) is 0 Å². The van der Waals surface area contributed by atoms with Crippen molar-refractivity contribution in [1.82, 2.24) is 10.2 Å². The minimum absolute atomic E-state index is 0.104. The molecule has 0 radical (unpaired) electrons. The van der Waals surface area contributed by atoms with E-state index in [-0.39, 0.29) is 6.10 Å². The molecular weight excluding hydrogens is 176 g/mol. The van der Waals surface area contributed by atoms with Crippen LogP contribution in [0.25, 0.3) is 0 Å². The highest BCUT2D eigenvalue weighted by Gasteiger charge is 2.33. The summed E-state index contributed by atoms with van der Waals surface area (Å²) in [7, 11) is 0. The topological polar surface area (TPSA) is 35.5 Å². The monoisotopic (exact) mass is 198 g/mol. The molecule has 0 aromatic rings. The zero-order valence-corrected chi connectivity index (χ0v) is 9.24. The van der Waals surface area contributed by atoms with Crippen molar-refractivity contribution in [3.05, 3.63) is 0 Å². The number of β-amino-alcohol motifs (C(OH)–C–C–N with tert-alkyl or cyclic N) is 1. The van der Waals surface area contributed by atoms with Crippen molar-refractivity contribution in [3.8, 4) is 0 Å². The van der Waals surface area contributed by atoms with Crippen molar-refractivity contribution >= 4 is 0 Å². The van der Waals surface area contributed by atoms with E-state index in [1.807, 2.05) is 0 Å². The molecule has 0 amide bonds. The van der Waals surface area contributed by atoms with E-state index in [9.17, 15) is 5.11 Å². The van der Waals surface area contributed by atoms with Gasteiger partial charge in [0.25, 0.3) is 0 Å². The molecule has 2 saturated heterocycles. The van der Waals surface area contributed by atoms with Crippen LogP contribution in [0.4, 0.5) is 0 Å². The van der Waals surface area contributed by atoms with Crippen molar-refractivity contribution in [1.29, 1.82) is 0 Å². The van der Waals surface area contributed by atoms with Crippen molar-refractivity contribution in [2.75, 3.05) is 26.2 Å². The molecule has 3 nitrogen and oxygen atoms in total. The standard InChI is InChI=1S/C11H22N2O/c1-8-3-10(5-12-4-8)13-6-9(2)11(14)7-13/h8-12,14H,3-7H2,1-2H3. The summed E-state index contributed by atoms with van der Waals surface area (Å²) in [6.07, 6.45) is 1.18. The molecule has 2 aliphatic rings. The Balaban J connectivity index is 1.89. The molecule has 4 unspecified atom stereocenters. The van der Waals surface area contributed by atoms with E-state index in [1.54, 1.807) is 0 Å². The van der Waals surface area contributed by atoms with Crippen LogP contribution in [0.2, 0.25) is 0 Å². The van der Waals surface area contributed by atoms with Gasteiger partial charge in [0.05, 0.1) is 6.10 Å². The first kappa shape index (κ1) is 10.4. The van der Waals surface area contributed by atoms with Crippen LogP contribution in [0, 0.1) is 11.8 Å². The third kappa shape index (κ3) is 2.10. The number of piperidine rings is 1. The third-order valence-corrected chi connectivity index (χ3v) is 3.66. The Kier molecular flexibility index (Phi) is 3.10. The number of rotatable bonds is 1. The van der Waals surface area contributed by atoms with Crippen LogP contribution in [-0.4, -0.2) is 48.3 Å². The van der Waals surface area contributed by atoms with E-state index >= 15 is 0 Å². The maximum absolute atomic E-state index is 9.70. The van der Waals surface area contributed by atoms with Gasteiger partial charge in [-0.15, -0.1) is 0 Å². The molecule has 2 N–H and O–H groups in total. The first-order valence-electron chi connectivity index (χ1n) is 5.79. The molecule has 0 spiro atoms. The van der Waals surface area contributed by atoms with Crippen LogP contribution in [0.15, 0.2) is 0 Å². The lowest BCUT2D eigenvalue weighted by molar-refractivity contribution is 0.129. The van der Waals surface area contributed by atoms with Gasteiger partial charge in [0.1, 0.15) is 0 Å². The summed E-state index contributed by atoms with van der Waals surface area (Å²) in [4.78, 5) is 2.46. The van der Waals surface area contributed by atoms with E-state index in [1.165, 1.54) is 6.42 Å². The lowest BCUT2D eigenvalue weighted by Crippen LogP contribution is -2.48. The van der Waals surface area contributed by atoms with E-state index in [0.717, 1.165) is 32.1 Å². The average molecular weight is 198 g/mol. The van der Waals surface area contributed by atoms with Crippen LogP contribution in [0.1, 0.15) is 20.3 Å². The van der Waals surface area contributed by atoms with E-state index in [2.05, 4.69) is 24.1 Å². The first-order valence-corrected chi connectivity index (χ1v) is 5.79. The van der Waals surface area contributed by atoms with E-state index in [0.29, 0.717) is 12.0 Å². The molecule has 0 bridgehead atoms. The van der Waals surface area contributed by atoms with Gasteiger partial charge < -0.3 is 10.4 Å². The maximum atomic E-state index is 9.70. The molecule has 14 heavy (non-hydrogen) atoms. The predicted molar refractivity (Wildman–Crippen MR) is 57.2 cm³/mol. The van der Waals surface area contributed by atoms with Crippen LogP contribution >= 0.6 is 0 Å². The van der Waals surface area contributed by atoms with E-state index < -0.39 is 0 Å². The van der Waals surface area contributed by atoms with Crippen molar-refractivity contribution in [2.45, 2.75) is 32.4 Å². The first-order chi connectivity index (χ1) is 6.66. The van der Waals surface area contributed by atoms with Gasteiger partial charge in [-0.05, 0) is 24.8 Å². The molecule has 3 heteroatoms. The Morgan fingerprint density at radius 1 is 1.21 bits per heavy atom. The van der Waals surface area contributed by atoms with Gasteiger partial charge in [-0.3, -0.25) is 4.90 Å². The molecule has 2 heterocycles. The smallest absolute Gasteiger partial charge is 0.0704 e. The van der Waals surface area contributed by atoms with Crippen molar-refractivity contribution in [2.24, 2.45) is 11.8 Å². The highest BCUT2D eigenvalue weighted by molar-refractivity contribution is 4.89. The van der Waals surface area contributed by atoms with Gasteiger partial charge in [-0.2, -0.15) is 0 Å². The Morgan fingerprint density at radius 3 is 2.57 bits per heavy atom. The molecule has 0 aromatic heterocycles. The summed E-state index contributed by atoms with van der Waals surface area (Å²) in [6.45, 7) is 8.64. The number of likely N-dealkylation sites (tertiary alicyclic amines) is 1. The summed E-state index contributed by atoms with van der Waals surface area (Å²) >= 11 is 0. The molecule has 0 aromatic carbocycles. The lowest BCUT2D eigenvalue weighted by Gasteiger charge is -2.34. The minimum Gasteiger partial charge on any atom is -0.391 e. The predicted octanol–water partition coefficient (Wildman–Crippen LogP) is 0.297. The van der Waals surface area contributed by atoms with Crippen molar-refractivity contribution in [3.63, 3.8) is 0 Å². The van der Waals surface area contributed by atoms with Crippen LogP contribution < -0.4 is 5.32 Å². The van der Waals surface area contributed by atoms with Crippen LogP contribution in [0.3, 0.4) is 0 Å². The second-order valence-electron chi connectivity index (χ2n) is 5.15. The molecule has 2 rings (SSSR count). The third-order valence-electron chi connectivity index (χ3n) is 3.66. The SMILES string of the molecule is CC1CNCC(N2CC(C)C(O)C2)C1. The van der Waals surface area contributed by atoms with E-state index in [4.69, 9.17) is 0 Å². The van der Waals surface area contributed by atoms with Crippen molar-refractivity contribution < 1.29 is 5.11 Å². The number of hydrogen-bond acceptors (Lipinski definition) is 3. The number of hydrogen-bond donors (Lipinski definition) is 2. The zero-order chi connectivity index (χ0) is 10.1. The van der Waals surface area contributed by atoms with Crippen LogP contribution in [0.5, 0.6) is 0 Å². The Labute approximate surface area is 86.5 Å². The second-order valence-corrected chi connectivity index (χ2v) is 5.15. The largest absolute Gasteiger partial charge is 0.391 e. The summed E-state index contributed by atoms with van der Waals surface area (Å²) in [6, 6.07) is 0.651. The zero-order valence-electron chi connectivity index (χ0n) is 9.24. The van der Waals surface area contributed by atoms with Gasteiger partial charge in [0, 0.05) is 25.7 Å². The normalized spacial score (nSPS) is 45.6. The second kappa shape index (κ2) is 4.17. The van der Waals surface area contributed by atoms with Gasteiger partial charge >= 0.3 is 0 Å². The molecule has 2 aliphatic heterocycles. The van der Waals surface area contributed by atoms with Gasteiger partial charge in [-0.1, -0.05) is 13.8 Å². The summed E-state index contributed by atoms with van der Waals surface area (Å²) in [5.41, 5.74) is 0. The fourth-order valence-electron chi connectivity index (χ4n) is 2.69. The molecule has 0 saturated carbocycles. The fourth-order valence-corrected chi connectivity index (χ4v) is 2.69. The molecule has 4 atom stereocenters. The number of nitrogens with one attached hydrogen (secondary N) is 1. The summed E-state index contributed by atoms with van der Waals surface area (Å²) in [5.74, 6) is 1.23. The van der Waals surface area contributed by atoms with Crippen LogP contribution in [-0.2, 0) is 0 Å².